The Morgan fingerprint density at radius 3 is 2.70 bits per heavy atom. The maximum absolute atomic E-state index is 4.61. The zero-order valence-corrected chi connectivity index (χ0v) is 12.8. The molecule has 106 valence electrons. The Morgan fingerprint density at radius 1 is 1.20 bits per heavy atom. The monoisotopic (exact) mass is 288 g/mol. The molecule has 1 aromatic carbocycles. The quantitative estimate of drug-likeness (QED) is 0.853. The molecule has 2 N–H and O–H groups in total. The molecule has 0 radical (unpaired) electrons. The fourth-order valence-electron chi connectivity index (χ4n) is 2.29. The predicted octanol–water partition coefficient (Wildman–Crippen LogP) is 3.37. The molecule has 1 heterocycles. The Balaban J connectivity index is 1.90. The van der Waals surface area contributed by atoms with Gasteiger partial charge in [-0.1, -0.05) is 12.1 Å². The predicted molar refractivity (Wildman–Crippen MR) is 87.7 cm³/mol. The fourth-order valence-corrected chi connectivity index (χ4v) is 3.01. The van der Waals surface area contributed by atoms with Gasteiger partial charge in [-0.25, -0.2) is 4.98 Å². The number of nitrogens with zero attached hydrogens (tertiary/aromatic N) is 2. The lowest BCUT2D eigenvalue weighted by molar-refractivity contribution is 0.940. The Kier molecular flexibility index (Phi) is 3.70. The Hall–Kier alpha value is -1.49. The number of nitrogens with one attached hydrogen (secondary N) is 2. The lowest BCUT2D eigenvalue weighted by Crippen LogP contribution is -2.18. The van der Waals surface area contributed by atoms with Gasteiger partial charge in [-0.05, 0) is 38.2 Å². The van der Waals surface area contributed by atoms with E-state index in [4.69, 9.17) is 0 Å². The number of hydrogen-bond donors (Lipinski definition) is 2. The van der Waals surface area contributed by atoms with Gasteiger partial charge in [0.1, 0.15) is 5.82 Å². The molecule has 2 aromatic rings. The van der Waals surface area contributed by atoms with Gasteiger partial charge < -0.3 is 10.6 Å². The van der Waals surface area contributed by atoms with E-state index in [0.717, 1.165) is 29.8 Å². The van der Waals surface area contributed by atoms with Crippen molar-refractivity contribution in [2.75, 3.05) is 30.0 Å². The highest BCUT2D eigenvalue weighted by Gasteiger charge is 2.41. The summed E-state index contributed by atoms with van der Waals surface area (Å²) in [6, 6.07) is 8.15. The molecule has 1 aliphatic carbocycles. The number of anilines is 2. The molecule has 0 spiro atoms. The van der Waals surface area contributed by atoms with E-state index >= 15 is 0 Å². The van der Waals surface area contributed by atoms with Crippen LogP contribution in [0.15, 0.2) is 24.3 Å². The van der Waals surface area contributed by atoms with Crippen LogP contribution in [-0.2, 0) is 0 Å². The number of fused-ring (bicyclic) bond motifs is 1. The summed E-state index contributed by atoms with van der Waals surface area (Å²) in [7, 11) is 0. The molecule has 20 heavy (non-hydrogen) atoms. The van der Waals surface area contributed by atoms with E-state index in [9.17, 15) is 0 Å². The highest BCUT2D eigenvalue weighted by molar-refractivity contribution is 8.00. The largest absolute Gasteiger partial charge is 0.368 e. The molecule has 5 heteroatoms. The fraction of sp³-hybridized carbons (Fsp3) is 0.467. The minimum absolute atomic E-state index is 0.421. The molecule has 3 rings (SSSR count). The molecule has 1 aromatic heterocycles. The third kappa shape index (κ3) is 2.68. The Bertz CT molecular complexity index is 610. The van der Waals surface area contributed by atoms with Crippen LogP contribution in [0.1, 0.15) is 19.8 Å². The van der Waals surface area contributed by atoms with Gasteiger partial charge in [-0.15, -0.1) is 0 Å². The minimum Gasteiger partial charge on any atom is -0.368 e. The number of hydrogen-bond acceptors (Lipinski definition) is 5. The second-order valence-electron chi connectivity index (χ2n) is 5.18. The molecule has 0 saturated heterocycles. The SMILES string of the molecule is CCNc1nc(NCC2(SC)CC2)c2ccccc2n1. The van der Waals surface area contributed by atoms with E-state index in [0.29, 0.717) is 10.7 Å². The van der Waals surface area contributed by atoms with Crippen molar-refractivity contribution in [3.63, 3.8) is 0 Å². The van der Waals surface area contributed by atoms with Gasteiger partial charge in [0.2, 0.25) is 5.95 Å². The van der Waals surface area contributed by atoms with Gasteiger partial charge >= 0.3 is 0 Å². The summed E-state index contributed by atoms with van der Waals surface area (Å²) in [5.74, 6) is 1.63. The van der Waals surface area contributed by atoms with Crippen molar-refractivity contribution >= 4 is 34.4 Å². The van der Waals surface area contributed by atoms with Crippen LogP contribution >= 0.6 is 11.8 Å². The van der Waals surface area contributed by atoms with Crippen LogP contribution in [0.25, 0.3) is 10.9 Å². The molecule has 0 unspecified atom stereocenters. The summed E-state index contributed by atoms with van der Waals surface area (Å²) in [4.78, 5) is 9.15. The summed E-state index contributed by atoms with van der Waals surface area (Å²) in [6.07, 6.45) is 4.78. The first-order valence-corrected chi connectivity index (χ1v) is 8.28. The summed E-state index contributed by atoms with van der Waals surface area (Å²) >= 11 is 1.96. The van der Waals surface area contributed by atoms with E-state index in [-0.39, 0.29) is 0 Å². The average Bonchev–Trinajstić information content (AvgIpc) is 3.26. The van der Waals surface area contributed by atoms with Crippen molar-refractivity contribution in [1.29, 1.82) is 0 Å². The Morgan fingerprint density at radius 2 is 2.00 bits per heavy atom. The molecule has 1 aliphatic rings. The number of benzene rings is 1. The summed E-state index contributed by atoms with van der Waals surface area (Å²) in [6.45, 7) is 3.85. The van der Waals surface area contributed by atoms with Crippen molar-refractivity contribution < 1.29 is 0 Å². The summed E-state index contributed by atoms with van der Waals surface area (Å²) in [5.41, 5.74) is 0.981. The highest BCUT2D eigenvalue weighted by atomic mass is 32.2. The van der Waals surface area contributed by atoms with Gasteiger partial charge in [0.15, 0.2) is 0 Å². The van der Waals surface area contributed by atoms with Gasteiger partial charge in [-0.2, -0.15) is 16.7 Å². The maximum atomic E-state index is 4.61. The van der Waals surface area contributed by atoms with Gasteiger partial charge in [0.25, 0.3) is 0 Å². The van der Waals surface area contributed by atoms with Gasteiger partial charge in [0, 0.05) is 23.2 Å². The van der Waals surface area contributed by atoms with Crippen LogP contribution in [0.4, 0.5) is 11.8 Å². The van der Waals surface area contributed by atoms with E-state index in [1.807, 2.05) is 30.0 Å². The van der Waals surface area contributed by atoms with Crippen molar-refractivity contribution in [1.82, 2.24) is 9.97 Å². The molecule has 0 aliphatic heterocycles. The Labute approximate surface area is 123 Å². The number of rotatable bonds is 6. The van der Waals surface area contributed by atoms with Crippen molar-refractivity contribution in [3.05, 3.63) is 24.3 Å². The maximum Gasteiger partial charge on any atom is 0.225 e. The number of para-hydroxylation sites is 1. The number of thioether (sulfide) groups is 1. The van der Waals surface area contributed by atoms with E-state index in [1.54, 1.807) is 0 Å². The number of aromatic nitrogens is 2. The van der Waals surface area contributed by atoms with Crippen LogP contribution in [0, 0.1) is 0 Å². The zero-order chi connectivity index (χ0) is 14.0. The molecule has 0 bridgehead atoms. The second kappa shape index (κ2) is 5.48. The third-order valence-corrected chi connectivity index (χ3v) is 5.18. The topological polar surface area (TPSA) is 49.8 Å². The van der Waals surface area contributed by atoms with Crippen molar-refractivity contribution in [2.24, 2.45) is 0 Å². The smallest absolute Gasteiger partial charge is 0.225 e. The highest BCUT2D eigenvalue weighted by Crippen LogP contribution is 2.47. The molecule has 0 amide bonds. The van der Waals surface area contributed by atoms with Crippen molar-refractivity contribution in [2.45, 2.75) is 24.5 Å². The van der Waals surface area contributed by atoms with Crippen LogP contribution in [0.2, 0.25) is 0 Å². The first kappa shape index (κ1) is 13.5. The van der Waals surface area contributed by atoms with Crippen LogP contribution < -0.4 is 10.6 Å². The van der Waals surface area contributed by atoms with E-state index in [1.165, 1.54) is 12.8 Å². The molecular formula is C15H20N4S. The molecule has 4 nitrogen and oxygen atoms in total. The zero-order valence-electron chi connectivity index (χ0n) is 11.9. The summed E-state index contributed by atoms with van der Waals surface area (Å²) in [5, 5.41) is 7.82. The standard InChI is InChI=1S/C15H20N4S/c1-3-16-14-18-12-7-5-4-6-11(12)13(19-14)17-10-15(20-2)8-9-15/h4-7H,3,8-10H2,1-2H3,(H2,16,17,18,19). The molecule has 0 atom stereocenters. The van der Waals surface area contributed by atoms with E-state index in [2.05, 4.69) is 39.8 Å². The molecule has 1 fully saturated rings. The average molecular weight is 288 g/mol. The van der Waals surface area contributed by atoms with E-state index < -0.39 is 0 Å². The van der Waals surface area contributed by atoms with Crippen LogP contribution in [0.5, 0.6) is 0 Å². The normalized spacial score (nSPS) is 16.1. The third-order valence-electron chi connectivity index (χ3n) is 3.76. The first-order chi connectivity index (χ1) is 9.76. The summed E-state index contributed by atoms with van der Waals surface area (Å²) < 4.78 is 0.421. The minimum atomic E-state index is 0.421. The van der Waals surface area contributed by atoms with Crippen LogP contribution in [-0.4, -0.2) is 34.1 Å². The first-order valence-electron chi connectivity index (χ1n) is 7.06. The molecular weight excluding hydrogens is 268 g/mol. The lowest BCUT2D eigenvalue weighted by Gasteiger charge is -2.15. The molecule has 1 saturated carbocycles. The van der Waals surface area contributed by atoms with Crippen LogP contribution in [0.3, 0.4) is 0 Å². The van der Waals surface area contributed by atoms with Crippen molar-refractivity contribution in [3.8, 4) is 0 Å². The van der Waals surface area contributed by atoms with Gasteiger partial charge in [0.05, 0.1) is 5.52 Å². The second-order valence-corrected chi connectivity index (χ2v) is 6.46. The lowest BCUT2D eigenvalue weighted by atomic mass is 10.2. The van der Waals surface area contributed by atoms with Gasteiger partial charge in [-0.3, -0.25) is 0 Å².